The summed E-state index contributed by atoms with van der Waals surface area (Å²) in [6.07, 6.45) is 0. The molecule has 12 heteroatoms. The molecule has 0 saturated carbocycles. The molecule has 0 aromatic carbocycles. The molecule has 0 radical (unpaired) electrons. The predicted molar refractivity (Wildman–Crippen MR) is 80.5 cm³/mol. The Morgan fingerprint density at radius 2 is 1.61 bits per heavy atom. The van der Waals surface area contributed by atoms with Crippen molar-refractivity contribution in [2.45, 2.75) is 18.1 Å². The largest absolute Gasteiger partial charge is 0.480 e. The molecule has 0 bridgehead atoms. The first-order chi connectivity index (χ1) is 10.8. The maximum absolute atomic E-state index is 11.8. The second kappa shape index (κ2) is 10.8. The minimum Gasteiger partial charge on any atom is -0.480 e. The van der Waals surface area contributed by atoms with Gasteiger partial charge in [-0.1, -0.05) is 0 Å². The summed E-state index contributed by atoms with van der Waals surface area (Å²) in [6.45, 7) is -1.97. The summed E-state index contributed by atoms with van der Waals surface area (Å²) in [5.74, 6) is -3.87. The first-order valence-electron chi connectivity index (χ1n) is 6.45. The molecule has 0 heterocycles. The molecule has 0 aromatic rings. The Bertz CT molecular complexity index is 448. The second-order valence-electron chi connectivity index (χ2n) is 4.39. The summed E-state index contributed by atoms with van der Waals surface area (Å²) in [5, 5.41) is 32.5. The molecular weight excluding hydrogens is 332 g/mol. The number of carboxylic acids is 1. The molecule has 0 aromatic heterocycles. The summed E-state index contributed by atoms with van der Waals surface area (Å²) >= 11 is 3.88. The lowest BCUT2D eigenvalue weighted by Gasteiger charge is -2.18. The highest BCUT2D eigenvalue weighted by Gasteiger charge is 2.23. The molecule has 3 unspecified atom stereocenters. The molecule has 8 N–H and O–H groups in total. The third-order valence-corrected chi connectivity index (χ3v) is 2.95. The molecule has 0 saturated heterocycles. The Hall–Kier alpha value is -1.89. The summed E-state index contributed by atoms with van der Waals surface area (Å²) in [6, 6.07) is -3.78. The number of aliphatic carboxylic acids is 1. The van der Waals surface area contributed by atoms with Gasteiger partial charge in [-0.3, -0.25) is 14.4 Å². The van der Waals surface area contributed by atoms with Gasteiger partial charge in [0.05, 0.1) is 19.8 Å². The van der Waals surface area contributed by atoms with E-state index in [9.17, 15) is 19.2 Å². The van der Waals surface area contributed by atoms with Gasteiger partial charge in [0.1, 0.15) is 18.1 Å². The minimum absolute atomic E-state index is 0.0915. The van der Waals surface area contributed by atoms with Crippen molar-refractivity contribution >= 4 is 36.3 Å². The number of thiol groups is 1. The molecule has 0 spiro atoms. The standard InChI is InChI=1S/C11H20N4O7S/c12-5(2-16)9(19)15-7(4-23)10(20)13-1-8(18)14-6(3-17)11(21)22/h5-7,16-17,23H,1-4,12H2,(H,13,20)(H,14,18)(H,15,19)(H,21,22). The van der Waals surface area contributed by atoms with Gasteiger partial charge in [-0.05, 0) is 0 Å². The van der Waals surface area contributed by atoms with E-state index in [1.807, 2.05) is 5.32 Å². The fourth-order valence-electron chi connectivity index (χ4n) is 1.28. The highest BCUT2D eigenvalue weighted by molar-refractivity contribution is 7.80. The number of carbonyl (C=O) groups excluding carboxylic acids is 3. The van der Waals surface area contributed by atoms with Crippen LogP contribution in [0.15, 0.2) is 0 Å². The highest BCUT2D eigenvalue weighted by atomic mass is 32.1. The van der Waals surface area contributed by atoms with E-state index in [1.165, 1.54) is 0 Å². The molecule has 132 valence electrons. The molecule has 0 aliphatic rings. The first kappa shape index (κ1) is 21.1. The predicted octanol–water partition coefficient (Wildman–Crippen LogP) is -4.60. The van der Waals surface area contributed by atoms with E-state index in [4.69, 9.17) is 21.1 Å². The second-order valence-corrected chi connectivity index (χ2v) is 4.76. The van der Waals surface area contributed by atoms with Crippen LogP contribution in [0.5, 0.6) is 0 Å². The summed E-state index contributed by atoms with van der Waals surface area (Å²) in [7, 11) is 0. The van der Waals surface area contributed by atoms with Gasteiger partial charge in [0.15, 0.2) is 0 Å². The van der Waals surface area contributed by atoms with Crippen LogP contribution in [-0.4, -0.2) is 82.6 Å². The third-order valence-electron chi connectivity index (χ3n) is 2.59. The molecule has 0 aliphatic carbocycles. The highest BCUT2D eigenvalue weighted by Crippen LogP contribution is 1.91. The van der Waals surface area contributed by atoms with Crippen LogP contribution in [0, 0.1) is 0 Å². The van der Waals surface area contributed by atoms with E-state index in [0.717, 1.165) is 0 Å². The van der Waals surface area contributed by atoms with Crippen LogP contribution in [-0.2, 0) is 19.2 Å². The molecule has 3 amide bonds. The zero-order valence-electron chi connectivity index (χ0n) is 12.1. The number of rotatable bonds is 10. The van der Waals surface area contributed by atoms with Crippen molar-refractivity contribution in [3.05, 3.63) is 0 Å². The molecule has 23 heavy (non-hydrogen) atoms. The average Bonchev–Trinajstić information content (AvgIpc) is 2.53. The molecule has 0 aliphatic heterocycles. The Morgan fingerprint density at radius 1 is 1.00 bits per heavy atom. The van der Waals surface area contributed by atoms with Crippen LogP contribution in [0.25, 0.3) is 0 Å². The SMILES string of the molecule is NC(CO)C(=O)NC(CS)C(=O)NCC(=O)NC(CO)C(=O)O. The number of nitrogens with two attached hydrogens (primary N) is 1. The summed E-state index contributed by atoms with van der Waals surface area (Å²) in [5.41, 5.74) is 5.28. The summed E-state index contributed by atoms with van der Waals surface area (Å²) in [4.78, 5) is 45.3. The van der Waals surface area contributed by atoms with Crippen molar-refractivity contribution in [2.75, 3.05) is 25.5 Å². The Kier molecular flexibility index (Phi) is 9.89. The molecule has 0 fully saturated rings. The quantitative estimate of drug-likeness (QED) is 0.180. The Balaban J connectivity index is 4.41. The van der Waals surface area contributed by atoms with Gasteiger partial charge >= 0.3 is 5.97 Å². The Labute approximate surface area is 137 Å². The van der Waals surface area contributed by atoms with Gasteiger partial charge in [0, 0.05) is 5.75 Å². The average molecular weight is 352 g/mol. The van der Waals surface area contributed by atoms with Crippen molar-refractivity contribution in [3.63, 3.8) is 0 Å². The van der Waals surface area contributed by atoms with Gasteiger partial charge in [0.25, 0.3) is 0 Å². The van der Waals surface area contributed by atoms with Gasteiger partial charge < -0.3 is 37.0 Å². The van der Waals surface area contributed by atoms with E-state index < -0.39 is 61.6 Å². The van der Waals surface area contributed by atoms with E-state index >= 15 is 0 Å². The monoisotopic (exact) mass is 352 g/mol. The molecule has 0 rings (SSSR count). The van der Waals surface area contributed by atoms with Crippen LogP contribution in [0.4, 0.5) is 0 Å². The number of aliphatic hydroxyl groups excluding tert-OH is 2. The number of hydrogen-bond donors (Lipinski definition) is 8. The zero-order chi connectivity index (χ0) is 18.0. The van der Waals surface area contributed by atoms with Crippen LogP contribution in [0.3, 0.4) is 0 Å². The van der Waals surface area contributed by atoms with Gasteiger partial charge in [-0.15, -0.1) is 0 Å². The van der Waals surface area contributed by atoms with Crippen molar-refractivity contribution in [3.8, 4) is 0 Å². The minimum atomic E-state index is -1.48. The summed E-state index contributed by atoms with van der Waals surface area (Å²) < 4.78 is 0. The number of nitrogens with one attached hydrogen (secondary N) is 3. The van der Waals surface area contributed by atoms with Crippen molar-refractivity contribution in [1.29, 1.82) is 0 Å². The lowest BCUT2D eigenvalue weighted by atomic mass is 10.2. The van der Waals surface area contributed by atoms with E-state index in [-0.39, 0.29) is 5.75 Å². The molecular formula is C11H20N4O7S. The lowest BCUT2D eigenvalue weighted by Crippen LogP contribution is -2.55. The Morgan fingerprint density at radius 3 is 2.04 bits per heavy atom. The molecule has 3 atom stereocenters. The van der Waals surface area contributed by atoms with Crippen LogP contribution in [0.1, 0.15) is 0 Å². The van der Waals surface area contributed by atoms with Crippen molar-refractivity contribution < 1.29 is 34.5 Å². The van der Waals surface area contributed by atoms with E-state index in [0.29, 0.717) is 0 Å². The fourth-order valence-corrected chi connectivity index (χ4v) is 1.53. The topological polar surface area (TPSA) is 191 Å². The van der Waals surface area contributed by atoms with Gasteiger partial charge in [-0.25, -0.2) is 4.79 Å². The van der Waals surface area contributed by atoms with Gasteiger partial charge in [-0.2, -0.15) is 12.6 Å². The lowest BCUT2D eigenvalue weighted by molar-refractivity contribution is -0.142. The van der Waals surface area contributed by atoms with Crippen molar-refractivity contribution in [2.24, 2.45) is 5.73 Å². The van der Waals surface area contributed by atoms with E-state index in [2.05, 4.69) is 23.3 Å². The number of carbonyl (C=O) groups is 4. The number of hydrogen-bond acceptors (Lipinski definition) is 8. The first-order valence-corrected chi connectivity index (χ1v) is 7.08. The van der Waals surface area contributed by atoms with Crippen molar-refractivity contribution in [1.82, 2.24) is 16.0 Å². The number of amides is 3. The zero-order valence-corrected chi connectivity index (χ0v) is 13.0. The molecule has 11 nitrogen and oxygen atoms in total. The van der Waals surface area contributed by atoms with Crippen LogP contribution < -0.4 is 21.7 Å². The number of carboxylic acid groups (broad SMARTS) is 1. The van der Waals surface area contributed by atoms with E-state index in [1.54, 1.807) is 0 Å². The maximum atomic E-state index is 11.8. The third kappa shape index (κ3) is 7.78. The normalized spacial score (nSPS) is 14.3. The van der Waals surface area contributed by atoms with Crippen LogP contribution >= 0.6 is 12.6 Å². The smallest absolute Gasteiger partial charge is 0.328 e. The van der Waals surface area contributed by atoms with Crippen LogP contribution in [0.2, 0.25) is 0 Å². The maximum Gasteiger partial charge on any atom is 0.328 e. The number of aliphatic hydroxyl groups is 2. The van der Waals surface area contributed by atoms with Gasteiger partial charge in [0.2, 0.25) is 17.7 Å². The fraction of sp³-hybridized carbons (Fsp3) is 0.636.